The van der Waals surface area contributed by atoms with E-state index < -0.39 is 23.5 Å². The van der Waals surface area contributed by atoms with Gasteiger partial charge < -0.3 is 4.74 Å². The van der Waals surface area contributed by atoms with Crippen LogP contribution in [0, 0.1) is 0 Å². The maximum atomic E-state index is 12.3. The molecule has 0 saturated carbocycles. The molecule has 3 nitrogen and oxygen atoms in total. The Morgan fingerprint density at radius 3 is 2.38 bits per heavy atom. The zero-order valence-corrected chi connectivity index (χ0v) is 8.17. The predicted molar refractivity (Wildman–Crippen MR) is 47.8 cm³/mol. The Kier molecular flexibility index (Phi) is 3.31. The van der Waals surface area contributed by atoms with Crippen molar-refractivity contribution in [1.29, 1.82) is 0 Å². The molecule has 0 amide bonds. The summed E-state index contributed by atoms with van der Waals surface area (Å²) >= 11 is 0. The highest BCUT2D eigenvalue weighted by Crippen LogP contribution is 2.31. The minimum Gasteiger partial charge on any atom is -0.421 e. The van der Waals surface area contributed by atoms with Gasteiger partial charge in [0.1, 0.15) is 5.75 Å². The second-order valence-corrected chi connectivity index (χ2v) is 2.97. The molecule has 0 spiro atoms. The van der Waals surface area contributed by atoms with Crippen LogP contribution in [-0.2, 0) is 15.8 Å². The summed E-state index contributed by atoms with van der Waals surface area (Å²) in [6, 6.07) is 3.74. The largest absolute Gasteiger partial charge is 0.421 e. The molecular formula is C10H7F3O3. The van der Waals surface area contributed by atoms with Gasteiger partial charge in [0.25, 0.3) is 0 Å². The third-order valence-electron chi connectivity index (χ3n) is 1.66. The van der Waals surface area contributed by atoms with Gasteiger partial charge in [0.15, 0.2) is 0 Å². The maximum Gasteiger partial charge on any atom is 0.416 e. The summed E-state index contributed by atoms with van der Waals surface area (Å²) in [5.74, 6) is -2.38. The Hall–Kier alpha value is -1.85. The smallest absolute Gasteiger partial charge is 0.416 e. The van der Waals surface area contributed by atoms with Crippen LogP contribution < -0.4 is 4.74 Å². The number of benzene rings is 1. The van der Waals surface area contributed by atoms with Gasteiger partial charge in [0.05, 0.1) is 5.56 Å². The number of carbonyl (C=O) groups is 2. The van der Waals surface area contributed by atoms with Crippen LogP contribution in [0.25, 0.3) is 0 Å². The predicted octanol–water partition coefficient (Wildman–Crippen LogP) is 2.20. The zero-order valence-electron chi connectivity index (χ0n) is 8.17. The van der Waals surface area contributed by atoms with Gasteiger partial charge in [-0.1, -0.05) is 6.07 Å². The molecule has 86 valence electrons. The van der Waals surface area contributed by atoms with E-state index in [0.29, 0.717) is 6.07 Å². The fourth-order valence-corrected chi connectivity index (χ4v) is 0.915. The van der Waals surface area contributed by atoms with Crippen LogP contribution >= 0.6 is 0 Å². The van der Waals surface area contributed by atoms with Crippen molar-refractivity contribution >= 4 is 11.8 Å². The fourth-order valence-electron chi connectivity index (χ4n) is 0.915. The van der Waals surface area contributed by atoms with Crippen molar-refractivity contribution in [3.8, 4) is 5.75 Å². The van der Waals surface area contributed by atoms with Crippen LogP contribution in [0.15, 0.2) is 24.3 Å². The molecular weight excluding hydrogens is 225 g/mol. The molecule has 1 rings (SSSR count). The summed E-state index contributed by atoms with van der Waals surface area (Å²) in [7, 11) is 0. The lowest BCUT2D eigenvalue weighted by molar-refractivity contribution is -0.146. The number of hydrogen-bond acceptors (Lipinski definition) is 3. The maximum absolute atomic E-state index is 12.3. The number of halogens is 3. The van der Waals surface area contributed by atoms with E-state index in [0.717, 1.165) is 25.1 Å². The van der Waals surface area contributed by atoms with Crippen LogP contribution in [0.4, 0.5) is 13.2 Å². The molecule has 0 fully saturated rings. The summed E-state index contributed by atoms with van der Waals surface area (Å²) in [6.45, 7) is 0.968. The molecule has 0 aliphatic rings. The highest BCUT2D eigenvalue weighted by molar-refractivity contribution is 6.33. The van der Waals surface area contributed by atoms with Crippen LogP contribution in [0.3, 0.4) is 0 Å². The molecule has 0 unspecified atom stereocenters. The first kappa shape index (κ1) is 12.2. The summed E-state index contributed by atoms with van der Waals surface area (Å²) in [5.41, 5.74) is -0.943. The molecule has 0 aromatic heterocycles. The lowest BCUT2D eigenvalue weighted by atomic mass is 10.2. The Balaban J connectivity index is 2.92. The van der Waals surface area contributed by atoms with E-state index in [1.807, 2.05) is 0 Å². The Bertz CT molecular complexity index is 424. The van der Waals surface area contributed by atoms with Gasteiger partial charge in [-0.05, 0) is 18.2 Å². The first-order chi connectivity index (χ1) is 7.30. The van der Waals surface area contributed by atoms with E-state index in [9.17, 15) is 22.8 Å². The van der Waals surface area contributed by atoms with Crippen molar-refractivity contribution in [2.24, 2.45) is 0 Å². The van der Waals surface area contributed by atoms with Gasteiger partial charge in [-0.25, -0.2) is 4.79 Å². The normalized spacial score (nSPS) is 11.0. The molecule has 0 N–H and O–H groups in total. The number of hydrogen-bond donors (Lipinski definition) is 0. The molecule has 0 aliphatic carbocycles. The zero-order chi connectivity index (χ0) is 12.3. The third-order valence-corrected chi connectivity index (χ3v) is 1.66. The third kappa shape index (κ3) is 3.08. The number of ketones is 1. The lowest BCUT2D eigenvalue weighted by Gasteiger charge is -2.08. The van der Waals surface area contributed by atoms with Gasteiger partial charge in [0, 0.05) is 6.92 Å². The molecule has 1 aromatic carbocycles. The minimum absolute atomic E-state index is 0.310. The van der Waals surface area contributed by atoms with E-state index in [2.05, 4.69) is 4.74 Å². The molecule has 16 heavy (non-hydrogen) atoms. The first-order valence-corrected chi connectivity index (χ1v) is 4.20. The second kappa shape index (κ2) is 4.34. The Morgan fingerprint density at radius 1 is 1.25 bits per heavy atom. The van der Waals surface area contributed by atoms with Crippen molar-refractivity contribution in [1.82, 2.24) is 0 Å². The quantitative estimate of drug-likeness (QED) is 0.446. The van der Waals surface area contributed by atoms with Gasteiger partial charge >= 0.3 is 12.1 Å². The van der Waals surface area contributed by atoms with E-state index in [-0.39, 0.29) is 5.75 Å². The van der Waals surface area contributed by atoms with E-state index in [1.54, 1.807) is 0 Å². The molecule has 0 aliphatic heterocycles. The molecule has 0 heterocycles. The summed E-state index contributed by atoms with van der Waals surface area (Å²) in [4.78, 5) is 21.4. The summed E-state index contributed by atoms with van der Waals surface area (Å²) in [5, 5.41) is 0. The van der Waals surface area contributed by atoms with Crippen molar-refractivity contribution in [3.05, 3.63) is 29.8 Å². The monoisotopic (exact) mass is 232 g/mol. The molecule has 0 saturated heterocycles. The first-order valence-electron chi connectivity index (χ1n) is 4.20. The number of carbonyl (C=O) groups excluding carboxylic acids is 2. The topological polar surface area (TPSA) is 43.4 Å². The molecule has 0 radical (unpaired) electrons. The van der Waals surface area contributed by atoms with Gasteiger partial charge in [0.2, 0.25) is 5.78 Å². The van der Waals surface area contributed by atoms with E-state index >= 15 is 0 Å². The van der Waals surface area contributed by atoms with Crippen LogP contribution in [0.5, 0.6) is 5.75 Å². The Labute approximate surface area is 88.8 Å². The van der Waals surface area contributed by atoms with E-state index in [4.69, 9.17) is 0 Å². The SMILES string of the molecule is CC(=O)C(=O)Oc1cccc(C(F)(F)F)c1. The molecule has 0 atom stereocenters. The second-order valence-electron chi connectivity index (χ2n) is 2.97. The summed E-state index contributed by atoms with van der Waals surface area (Å²) < 4.78 is 41.2. The van der Waals surface area contributed by atoms with Crippen molar-refractivity contribution in [3.63, 3.8) is 0 Å². The van der Waals surface area contributed by atoms with E-state index in [1.165, 1.54) is 0 Å². The van der Waals surface area contributed by atoms with Crippen LogP contribution in [0.1, 0.15) is 12.5 Å². The summed E-state index contributed by atoms with van der Waals surface area (Å²) in [6.07, 6.45) is -4.52. The minimum atomic E-state index is -4.52. The Morgan fingerprint density at radius 2 is 1.88 bits per heavy atom. The molecule has 1 aromatic rings. The number of Topliss-reactive ketones (excluding diaryl/α,β-unsaturated/α-hetero) is 1. The van der Waals surface area contributed by atoms with Gasteiger partial charge in [-0.2, -0.15) is 13.2 Å². The van der Waals surface area contributed by atoms with Crippen molar-refractivity contribution in [2.45, 2.75) is 13.1 Å². The number of alkyl halides is 3. The van der Waals surface area contributed by atoms with Crippen molar-refractivity contribution in [2.75, 3.05) is 0 Å². The average molecular weight is 232 g/mol. The fraction of sp³-hybridized carbons (Fsp3) is 0.200. The van der Waals surface area contributed by atoms with Gasteiger partial charge in [-0.15, -0.1) is 0 Å². The van der Waals surface area contributed by atoms with Crippen molar-refractivity contribution < 1.29 is 27.5 Å². The average Bonchev–Trinajstić information content (AvgIpc) is 2.16. The number of esters is 1. The number of rotatable bonds is 2. The number of ether oxygens (including phenoxy) is 1. The van der Waals surface area contributed by atoms with Gasteiger partial charge in [-0.3, -0.25) is 4.79 Å². The molecule has 6 heteroatoms. The highest BCUT2D eigenvalue weighted by atomic mass is 19.4. The van der Waals surface area contributed by atoms with Crippen LogP contribution in [0.2, 0.25) is 0 Å². The van der Waals surface area contributed by atoms with Crippen LogP contribution in [-0.4, -0.2) is 11.8 Å². The highest BCUT2D eigenvalue weighted by Gasteiger charge is 2.30. The standard InChI is InChI=1S/C10H7F3O3/c1-6(14)9(15)16-8-4-2-3-7(5-8)10(11,12)13/h2-5H,1H3. The molecule has 0 bridgehead atoms. The lowest BCUT2D eigenvalue weighted by Crippen LogP contribution is -2.17.